The van der Waals surface area contributed by atoms with Crippen molar-refractivity contribution in [3.8, 4) is 17.0 Å². The first-order chi connectivity index (χ1) is 25.1. The third kappa shape index (κ3) is 6.67. The average Bonchev–Trinajstić information content (AvgIpc) is 3.85. The molecule has 276 valence electrons. The highest BCUT2D eigenvalue weighted by atomic mass is 32.2. The van der Waals surface area contributed by atoms with Crippen LogP contribution < -0.4 is 9.46 Å². The third-order valence-corrected chi connectivity index (χ3v) is 12.6. The number of methoxy groups -OCH3 is 2. The number of hydrogen-bond acceptors (Lipinski definition) is 7. The van der Waals surface area contributed by atoms with Crippen molar-refractivity contribution in [3.05, 3.63) is 70.8 Å². The SMILES string of the molecule is CCN(CCOC)C(=O)c1ncn(C2CC2)c1C1=Cc2cc(OC)ccc2-c2c(C3CCCCC3)c3ccc(C(=O)NS(=O)(=O)C(C)C)cc3n2C1. The van der Waals surface area contributed by atoms with E-state index in [2.05, 4.69) is 32.1 Å². The largest absolute Gasteiger partial charge is 0.497 e. The molecule has 2 aromatic carbocycles. The number of nitrogens with one attached hydrogen (secondary N) is 1. The summed E-state index contributed by atoms with van der Waals surface area (Å²) in [6.45, 7) is 6.86. The minimum atomic E-state index is -3.84. The fraction of sp³-hybridized carbons (Fsp3) is 0.475. The molecule has 2 aliphatic carbocycles. The van der Waals surface area contributed by atoms with E-state index >= 15 is 0 Å². The summed E-state index contributed by atoms with van der Waals surface area (Å²) in [5, 5.41) is 0.298. The Kier molecular flexibility index (Phi) is 10.1. The van der Waals surface area contributed by atoms with Crippen LogP contribution in [0.25, 0.3) is 33.8 Å². The second-order valence-electron chi connectivity index (χ2n) is 14.5. The molecule has 12 heteroatoms. The molecule has 2 aromatic heterocycles. The average molecular weight is 728 g/mol. The van der Waals surface area contributed by atoms with Crippen molar-refractivity contribution in [3.63, 3.8) is 0 Å². The molecular weight excluding hydrogens is 679 g/mol. The molecule has 2 saturated carbocycles. The Hall–Kier alpha value is -4.42. The molecule has 0 spiro atoms. The van der Waals surface area contributed by atoms with E-state index < -0.39 is 21.2 Å². The molecule has 0 bridgehead atoms. The van der Waals surface area contributed by atoms with Crippen molar-refractivity contribution in [2.75, 3.05) is 33.9 Å². The number of carbonyl (C=O) groups is 2. The molecule has 11 nitrogen and oxygen atoms in total. The number of sulfonamides is 1. The topological polar surface area (TPSA) is 125 Å². The first-order valence-electron chi connectivity index (χ1n) is 18.5. The Balaban J connectivity index is 1.46. The summed E-state index contributed by atoms with van der Waals surface area (Å²) < 4.78 is 43.2. The number of hydrogen-bond donors (Lipinski definition) is 1. The van der Waals surface area contributed by atoms with Crippen molar-refractivity contribution in [1.82, 2.24) is 23.7 Å². The Labute approximate surface area is 306 Å². The first kappa shape index (κ1) is 36.0. The lowest BCUT2D eigenvalue weighted by Crippen LogP contribution is -2.35. The zero-order valence-corrected chi connectivity index (χ0v) is 31.6. The summed E-state index contributed by atoms with van der Waals surface area (Å²) in [5.74, 6) is 0.247. The van der Waals surface area contributed by atoms with Crippen LogP contribution >= 0.6 is 0 Å². The predicted molar refractivity (Wildman–Crippen MR) is 203 cm³/mol. The molecule has 2 amide bonds. The fourth-order valence-corrected chi connectivity index (χ4v) is 8.46. The highest BCUT2D eigenvalue weighted by Gasteiger charge is 2.35. The Morgan fingerprint density at radius 3 is 2.46 bits per heavy atom. The van der Waals surface area contributed by atoms with Crippen LogP contribution in [0.5, 0.6) is 5.75 Å². The summed E-state index contributed by atoms with van der Waals surface area (Å²) in [4.78, 5) is 34.3. The maximum atomic E-state index is 14.2. The molecule has 0 atom stereocenters. The van der Waals surface area contributed by atoms with Crippen LogP contribution in [0, 0.1) is 0 Å². The minimum absolute atomic E-state index is 0.143. The van der Waals surface area contributed by atoms with Gasteiger partial charge in [-0.25, -0.2) is 18.1 Å². The molecule has 1 aliphatic heterocycles. The number of ether oxygens (including phenoxy) is 2. The number of nitrogens with zero attached hydrogens (tertiary/aromatic N) is 4. The highest BCUT2D eigenvalue weighted by molar-refractivity contribution is 7.90. The van der Waals surface area contributed by atoms with Crippen LogP contribution in [0.3, 0.4) is 0 Å². The van der Waals surface area contributed by atoms with Gasteiger partial charge in [0.2, 0.25) is 10.0 Å². The van der Waals surface area contributed by atoms with E-state index in [9.17, 15) is 18.0 Å². The van der Waals surface area contributed by atoms with E-state index in [4.69, 9.17) is 14.5 Å². The second kappa shape index (κ2) is 14.5. The van der Waals surface area contributed by atoms with E-state index in [1.54, 1.807) is 39.0 Å². The molecule has 52 heavy (non-hydrogen) atoms. The molecule has 1 N–H and O–H groups in total. The van der Waals surface area contributed by atoms with E-state index in [1.807, 2.05) is 31.5 Å². The maximum absolute atomic E-state index is 14.2. The zero-order chi connectivity index (χ0) is 36.7. The fourth-order valence-electron chi connectivity index (χ4n) is 7.85. The lowest BCUT2D eigenvalue weighted by molar-refractivity contribution is 0.0700. The van der Waals surface area contributed by atoms with Gasteiger partial charge in [-0.3, -0.25) is 9.59 Å². The van der Waals surface area contributed by atoms with Crippen LogP contribution in [-0.4, -0.2) is 78.4 Å². The molecule has 7 rings (SSSR count). The van der Waals surface area contributed by atoms with Gasteiger partial charge in [0.1, 0.15) is 5.75 Å². The molecule has 0 unspecified atom stereocenters. The van der Waals surface area contributed by atoms with Crippen molar-refractivity contribution >= 4 is 44.4 Å². The molecule has 0 radical (unpaired) electrons. The minimum Gasteiger partial charge on any atom is -0.497 e. The summed E-state index contributed by atoms with van der Waals surface area (Å²) in [5.41, 5.74) is 7.60. The van der Waals surface area contributed by atoms with Gasteiger partial charge in [0.15, 0.2) is 5.69 Å². The van der Waals surface area contributed by atoms with Crippen LogP contribution in [0.15, 0.2) is 42.7 Å². The van der Waals surface area contributed by atoms with Gasteiger partial charge in [-0.1, -0.05) is 25.3 Å². The monoisotopic (exact) mass is 727 g/mol. The van der Waals surface area contributed by atoms with Gasteiger partial charge < -0.3 is 23.5 Å². The maximum Gasteiger partial charge on any atom is 0.274 e. The first-order valence-corrected chi connectivity index (χ1v) is 20.1. The Morgan fingerprint density at radius 1 is 1.02 bits per heavy atom. The smallest absolute Gasteiger partial charge is 0.274 e. The summed E-state index contributed by atoms with van der Waals surface area (Å²) >= 11 is 0. The summed E-state index contributed by atoms with van der Waals surface area (Å²) in [6, 6.07) is 12.0. The standard InChI is InChI=1S/C40H49N5O6S/c1-6-43(18-19-50-4)40(47)36-37(45(24-41-36)30-13-14-30)29-20-28-21-31(51-5)15-17-32(28)38-35(26-10-8-7-9-11-26)33-16-12-27(22-34(33)44(38)23-29)39(46)42-52(48,49)25(2)3/h12,15-17,20-22,24-26,30H,6-11,13-14,18-19,23H2,1-5H3,(H,42,46). The number of allylic oxidation sites excluding steroid dienone is 1. The van der Waals surface area contributed by atoms with E-state index in [0.29, 0.717) is 37.9 Å². The molecule has 4 aromatic rings. The van der Waals surface area contributed by atoms with Crippen LogP contribution in [-0.2, 0) is 21.3 Å². The lowest BCUT2D eigenvalue weighted by atomic mass is 9.81. The number of aromatic nitrogens is 3. The van der Waals surface area contributed by atoms with Crippen molar-refractivity contribution in [1.29, 1.82) is 0 Å². The molecule has 2 fully saturated rings. The van der Waals surface area contributed by atoms with Gasteiger partial charge in [0, 0.05) is 48.3 Å². The Morgan fingerprint density at radius 2 is 1.79 bits per heavy atom. The van der Waals surface area contributed by atoms with Crippen LogP contribution in [0.4, 0.5) is 0 Å². The van der Waals surface area contributed by atoms with Crippen molar-refractivity contribution in [2.24, 2.45) is 0 Å². The van der Waals surface area contributed by atoms with Crippen LogP contribution in [0.2, 0.25) is 0 Å². The predicted octanol–water partition coefficient (Wildman–Crippen LogP) is 7.03. The van der Waals surface area contributed by atoms with Gasteiger partial charge >= 0.3 is 0 Å². The lowest BCUT2D eigenvalue weighted by Gasteiger charge is -2.24. The van der Waals surface area contributed by atoms with Crippen LogP contribution in [0.1, 0.15) is 115 Å². The highest BCUT2D eigenvalue weighted by Crippen LogP contribution is 2.48. The summed E-state index contributed by atoms with van der Waals surface area (Å²) in [6.07, 6.45) is 11.6. The Bertz CT molecular complexity index is 2150. The van der Waals surface area contributed by atoms with E-state index in [1.165, 1.54) is 12.0 Å². The molecular formula is C40H49N5O6S. The molecule has 3 heterocycles. The number of carbonyl (C=O) groups excluding carboxylic acids is 2. The van der Waals surface area contributed by atoms with E-state index in [-0.39, 0.29) is 17.5 Å². The number of amides is 2. The zero-order valence-electron chi connectivity index (χ0n) is 30.8. The second-order valence-corrected chi connectivity index (χ2v) is 16.8. The number of imidazole rings is 1. The normalized spacial score (nSPS) is 16.3. The van der Waals surface area contributed by atoms with E-state index in [0.717, 1.165) is 83.3 Å². The number of benzene rings is 2. The van der Waals surface area contributed by atoms with Crippen molar-refractivity contribution < 1.29 is 27.5 Å². The van der Waals surface area contributed by atoms with Gasteiger partial charge in [0.05, 0.1) is 43.2 Å². The number of fused-ring (bicyclic) bond motifs is 5. The van der Waals surface area contributed by atoms with Gasteiger partial charge in [0.25, 0.3) is 11.8 Å². The molecule has 0 saturated heterocycles. The van der Waals surface area contributed by atoms with Crippen molar-refractivity contribution in [2.45, 2.75) is 89.5 Å². The number of rotatable bonds is 12. The molecule has 3 aliphatic rings. The third-order valence-electron chi connectivity index (χ3n) is 10.9. The summed E-state index contributed by atoms with van der Waals surface area (Å²) in [7, 11) is -0.539. The quantitative estimate of drug-likeness (QED) is 0.166. The number of likely N-dealkylation sites (N-methyl/N-ethyl adjacent to an activating group) is 1. The van der Waals surface area contributed by atoms with Gasteiger partial charge in [-0.2, -0.15) is 0 Å². The van der Waals surface area contributed by atoms with Gasteiger partial charge in [-0.15, -0.1) is 0 Å². The van der Waals surface area contributed by atoms with Gasteiger partial charge in [-0.05, 0) is 105 Å².